The molecule has 0 unspecified atom stereocenters. The summed E-state index contributed by atoms with van der Waals surface area (Å²) in [7, 11) is 0. The van der Waals surface area contributed by atoms with Gasteiger partial charge < -0.3 is 0 Å². The summed E-state index contributed by atoms with van der Waals surface area (Å²) in [5.41, 5.74) is 2.03. The highest BCUT2D eigenvalue weighted by molar-refractivity contribution is 7.98. The zero-order valence-corrected chi connectivity index (χ0v) is 11.8. The molecule has 3 nitrogen and oxygen atoms in total. The van der Waals surface area contributed by atoms with Crippen LogP contribution in [0.2, 0.25) is 0 Å². The fraction of sp³-hybridized carbons (Fsp3) is 0.0625. The van der Waals surface area contributed by atoms with Gasteiger partial charge in [0.25, 0.3) is 0 Å². The van der Waals surface area contributed by atoms with Crippen molar-refractivity contribution in [3.8, 4) is 6.07 Å². The Hall–Kier alpha value is -2.45. The standard InChI is InChI=1S/C16H10FN3S/c17-13-6-5-11(8-18)12(7-13)9-21-16-14-3-1-2-4-15(14)19-10-20-16/h1-7,10H,9H2. The summed E-state index contributed by atoms with van der Waals surface area (Å²) in [6.45, 7) is 0. The minimum atomic E-state index is -0.336. The van der Waals surface area contributed by atoms with Crippen LogP contribution in [-0.4, -0.2) is 9.97 Å². The van der Waals surface area contributed by atoms with Crippen molar-refractivity contribution in [2.24, 2.45) is 0 Å². The van der Waals surface area contributed by atoms with Crippen LogP contribution < -0.4 is 0 Å². The number of aromatic nitrogens is 2. The molecule has 0 bridgehead atoms. The normalized spacial score (nSPS) is 10.5. The van der Waals surface area contributed by atoms with Crippen molar-refractivity contribution in [1.82, 2.24) is 9.97 Å². The first kappa shape index (κ1) is 13.5. The van der Waals surface area contributed by atoms with Crippen LogP contribution in [0, 0.1) is 17.1 Å². The average Bonchev–Trinajstić information content (AvgIpc) is 2.53. The number of fused-ring (bicyclic) bond motifs is 1. The van der Waals surface area contributed by atoms with Crippen molar-refractivity contribution in [1.29, 1.82) is 5.26 Å². The van der Waals surface area contributed by atoms with E-state index in [0.29, 0.717) is 16.9 Å². The van der Waals surface area contributed by atoms with Crippen LogP contribution in [0.5, 0.6) is 0 Å². The van der Waals surface area contributed by atoms with E-state index in [1.54, 1.807) is 0 Å². The van der Waals surface area contributed by atoms with Gasteiger partial charge in [-0.05, 0) is 29.8 Å². The Bertz CT molecular complexity index is 837. The molecule has 102 valence electrons. The van der Waals surface area contributed by atoms with Crippen molar-refractivity contribution < 1.29 is 4.39 Å². The monoisotopic (exact) mass is 295 g/mol. The van der Waals surface area contributed by atoms with Crippen LogP contribution in [0.25, 0.3) is 10.9 Å². The van der Waals surface area contributed by atoms with Crippen molar-refractivity contribution in [2.45, 2.75) is 10.8 Å². The number of nitrogens with zero attached hydrogens (tertiary/aromatic N) is 3. The van der Waals surface area contributed by atoms with Crippen molar-refractivity contribution in [2.75, 3.05) is 0 Å². The van der Waals surface area contributed by atoms with E-state index in [1.165, 1.54) is 36.3 Å². The number of hydrogen-bond donors (Lipinski definition) is 0. The van der Waals surface area contributed by atoms with E-state index in [2.05, 4.69) is 16.0 Å². The van der Waals surface area contributed by atoms with E-state index in [4.69, 9.17) is 5.26 Å². The quantitative estimate of drug-likeness (QED) is 0.542. The molecule has 2 aromatic carbocycles. The summed E-state index contributed by atoms with van der Waals surface area (Å²) < 4.78 is 13.3. The van der Waals surface area contributed by atoms with Gasteiger partial charge in [-0.15, -0.1) is 11.8 Å². The van der Waals surface area contributed by atoms with Gasteiger partial charge in [0.15, 0.2) is 0 Å². The molecule has 0 spiro atoms. The van der Waals surface area contributed by atoms with Gasteiger partial charge in [-0.3, -0.25) is 0 Å². The molecule has 0 aliphatic carbocycles. The minimum absolute atomic E-state index is 0.336. The Morgan fingerprint density at radius 3 is 2.86 bits per heavy atom. The van der Waals surface area contributed by atoms with Gasteiger partial charge in [0.05, 0.1) is 17.1 Å². The molecule has 3 aromatic rings. The van der Waals surface area contributed by atoms with E-state index in [1.807, 2.05) is 24.3 Å². The van der Waals surface area contributed by atoms with Gasteiger partial charge in [0.1, 0.15) is 17.2 Å². The molecule has 0 saturated carbocycles. The smallest absolute Gasteiger partial charge is 0.123 e. The van der Waals surface area contributed by atoms with Gasteiger partial charge in [-0.25, -0.2) is 14.4 Å². The Labute approximate surface area is 125 Å². The molecular weight excluding hydrogens is 285 g/mol. The topological polar surface area (TPSA) is 49.6 Å². The van der Waals surface area contributed by atoms with E-state index < -0.39 is 0 Å². The summed E-state index contributed by atoms with van der Waals surface area (Å²) >= 11 is 1.47. The van der Waals surface area contributed by atoms with Crippen LogP contribution in [0.3, 0.4) is 0 Å². The third-order valence-electron chi connectivity index (χ3n) is 3.06. The van der Waals surface area contributed by atoms with Crippen LogP contribution in [0.1, 0.15) is 11.1 Å². The summed E-state index contributed by atoms with van der Waals surface area (Å²) in [5.74, 6) is 0.152. The maximum Gasteiger partial charge on any atom is 0.123 e. The summed E-state index contributed by atoms with van der Waals surface area (Å²) in [5, 5.41) is 10.9. The number of hydrogen-bond acceptors (Lipinski definition) is 4. The molecule has 5 heteroatoms. The highest BCUT2D eigenvalue weighted by atomic mass is 32.2. The van der Waals surface area contributed by atoms with Crippen molar-refractivity contribution in [3.05, 3.63) is 65.7 Å². The maximum absolute atomic E-state index is 13.3. The third-order valence-corrected chi connectivity index (χ3v) is 4.11. The zero-order chi connectivity index (χ0) is 14.7. The first-order valence-corrected chi connectivity index (χ1v) is 7.27. The van der Waals surface area contributed by atoms with Gasteiger partial charge in [-0.2, -0.15) is 5.26 Å². The molecule has 21 heavy (non-hydrogen) atoms. The summed E-state index contributed by atoms with van der Waals surface area (Å²) in [6.07, 6.45) is 1.52. The lowest BCUT2D eigenvalue weighted by Gasteiger charge is -2.06. The molecule has 0 radical (unpaired) electrons. The molecule has 1 heterocycles. The first-order chi connectivity index (χ1) is 10.3. The van der Waals surface area contributed by atoms with Crippen molar-refractivity contribution in [3.63, 3.8) is 0 Å². The van der Waals surface area contributed by atoms with Gasteiger partial charge in [0.2, 0.25) is 0 Å². The van der Waals surface area contributed by atoms with E-state index in [9.17, 15) is 4.39 Å². The highest BCUT2D eigenvalue weighted by Crippen LogP contribution is 2.28. The average molecular weight is 295 g/mol. The summed E-state index contributed by atoms with van der Waals surface area (Å²) in [4.78, 5) is 8.48. The minimum Gasteiger partial charge on any atom is -0.236 e. The molecule has 1 aromatic heterocycles. The molecule has 0 N–H and O–H groups in total. The SMILES string of the molecule is N#Cc1ccc(F)cc1CSc1ncnc2ccccc12. The molecule has 0 aliphatic heterocycles. The maximum atomic E-state index is 13.3. The summed E-state index contributed by atoms with van der Waals surface area (Å²) in [6, 6.07) is 14.0. The largest absolute Gasteiger partial charge is 0.236 e. The molecule has 3 rings (SSSR count). The van der Waals surface area contributed by atoms with Crippen LogP contribution >= 0.6 is 11.8 Å². The second kappa shape index (κ2) is 5.90. The Kier molecular flexibility index (Phi) is 3.80. The lowest BCUT2D eigenvalue weighted by molar-refractivity contribution is 0.626. The second-order valence-electron chi connectivity index (χ2n) is 4.40. The van der Waals surface area contributed by atoms with Crippen LogP contribution in [-0.2, 0) is 5.75 Å². The fourth-order valence-electron chi connectivity index (χ4n) is 2.03. The Morgan fingerprint density at radius 1 is 1.14 bits per heavy atom. The van der Waals surface area contributed by atoms with E-state index >= 15 is 0 Å². The molecule has 0 aliphatic rings. The molecule has 0 atom stereocenters. The second-order valence-corrected chi connectivity index (χ2v) is 5.36. The molecule has 0 fully saturated rings. The predicted molar refractivity (Wildman–Crippen MR) is 80.2 cm³/mol. The lowest BCUT2D eigenvalue weighted by Crippen LogP contribution is -1.91. The number of benzene rings is 2. The third kappa shape index (κ3) is 2.86. The number of para-hydroxylation sites is 1. The number of rotatable bonds is 3. The Morgan fingerprint density at radius 2 is 2.00 bits per heavy atom. The number of nitriles is 1. The van der Waals surface area contributed by atoms with Crippen LogP contribution in [0.4, 0.5) is 4.39 Å². The predicted octanol–water partition coefficient (Wildman–Crippen LogP) is 3.93. The highest BCUT2D eigenvalue weighted by Gasteiger charge is 2.08. The Balaban J connectivity index is 1.91. The first-order valence-electron chi connectivity index (χ1n) is 6.29. The number of halogens is 1. The van der Waals surface area contributed by atoms with Crippen LogP contribution in [0.15, 0.2) is 53.8 Å². The van der Waals surface area contributed by atoms with E-state index in [0.717, 1.165) is 15.9 Å². The van der Waals surface area contributed by atoms with Gasteiger partial charge in [0, 0.05) is 11.1 Å². The van der Waals surface area contributed by atoms with Gasteiger partial charge in [-0.1, -0.05) is 18.2 Å². The zero-order valence-electron chi connectivity index (χ0n) is 11.0. The molecule has 0 amide bonds. The fourth-order valence-corrected chi connectivity index (χ4v) is 3.01. The van der Waals surface area contributed by atoms with Gasteiger partial charge >= 0.3 is 0 Å². The van der Waals surface area contributed by atoms with Crippen molar-refractivity contribution >= 4 is 22.7 Å². The number of thioether (sulfide) groups is 1. The molecule has 0 saturated heterocycles. The lowest BCUT2D eigenvalue weighted by atomic mass is 10.1. The van der Waals surface area contributed by atoms with E-state index in [-0.39, 0.29) is 5.82 Å². The molecular formula is C16H10FN3S.